The lowest BCUT2D eigenvalue weighted by Gasteiger charge is -2.58. The van der Waals surface area contributed by atoms with Crippen molar-refractivity contribution < 1.29 is 19.0 Å². The van der Waals surface area contributed by atoms with Gasteiger partial charge in [0.1, 0.15) is 6.10 Å². The van der Waals surface area contributed by atoms with Crippen LogP contribution in [0.5, 0.6) is 0 Å². The zero-order valence-corrected chi connectivity index (χ0v) is 31.3. The number of fused-ring (bicyclic) bond motifs is 7. The van der Waals surface area contributed by atoms with Crippen molar-refractivity contribution in [1.29, 1.82) is 0 Å². The average Bonchev–Trinajstić information content (AvgIpc) is 3.50. The molecule has 0 aromatic heterocycles. The van der Waals surface area contributed by atoms with Gasteiger partial charge >= 0.3 is 5.97 Å². The Kier molecular flexibility index (Phi) is 11.9. The van der Waals surface area contributed by atoms with Crippen molar-refractivity contribution in [2.45, 2.75) is 200 Å². The molecule has 6 rings (SSSR count). The molecule has 2 saturated heterocycles. The van der Waals surface area contributed by atoms with Crippen LogP contribution < -0.4 is 0 Å². The second kappa shape index (κ2) is 15.6. The number of hydrogen-bond donors (Lipinski definition) is 0. The minimum Gasteiger partial charge on any atom is -0.462 e. The molecule has 4 aliphatic carbocycles. The first-order valence-corrected chi connectivity index (χ1v) is 20.9. The summed E-state index contributed by atoms with van der Waals surface area (Å²) in [6, 6.07) is 0. The Labute approximate surface area is 289 Å². The first-order chi connectivity index (χ1) is 22.7. The van der Waals surface area contributed by atoms with E-state index in [9.17, 15) is 4.79 Å². The van der Waals surface area contributed by atoms with Crippen molar-refractivity contribution in [3.8, 4) is 0 Å². The lowest BCUT2D eigenvalue weighted by atomic mass is 9.47. The predicted molar refractivity (Wildman–Crippen MR) is 192 cm³/mol. The van der Waals surface area contributed by atoms with Gasteiger partial charge in [-0.3, -0.25) is 4.79 Å². The van der Waals surface area contributed by atoms with Gasteiger partial charge in [0.2, 0.25) is 0 Å². The van der Waals surface area contributed by atoms with Crippen LogP contribution in [0.1, 0.15) is 182 Å². The van der Waals surface area contributed by atoms with Crippen molar-refractivity contribution >= 4 is 5.97 Å². The molecule has 0 radical (unpaired) electrons. The molecule has 5 fully saturated rings. The molecule has 2 heterocycles. The normalized spacial score (nSPS) is 42.4. The Morgan fingerprint density at radius 2 is 1.53 bits per heavy atom. The van der Waals surface area contributed by atoms with E-state index in [1.165, 1.54) is 116 Å². The third-order valence-corrected chi connectivity index (χ3v) is 15.1. The zero-order valence-electron chi connectivity index (χ0n) is 31.3. The summed E-state index contributed by atoms with van der Waals surface area (Å²) in [7, 11) is 0. The summed E-state index contributed by atoms with van der Waals surface area (Å²) >= 11 is 0. The predicted octanol–water partition coefficient (Wildman–Crippen LogP) is 11.7. The second-order valence-corrected chi connectivity index (χ2v) is 18.1. The molecule has 0 aromatic rings. The molecular formula is C43H72O4. The first-order valence-electron chi connectivity index (χ1n) is 20.9. The van der Waals surface area contributed by atoms with E-state index in [1.54, 1.807) is 5.57 Å². The van der Waals surface area contributed by atoms with Gasteiger partial charge in [-0.25, -0.2) is 0 Å². The highest BCUT2D eigenvalue weighted by Gasteiger charge is 2.68. The molecule has 4 heteroatoms. The minimum atomic E-state index is -0.319. The molecule has 0 amide bonds. The highest BCUT2D eigenvalue weighted by Crippen LogP contribution is 2.70. The number of allylic oxidation sites excluding steroid dienone is 1. The monoisotopic (exact) mass is 653 g/mol. The summed E-state index contributed by atoms with van der Waals surface area (Å²) in [4.78, 5) is 12.8. The van der Waals surface area contributed by atoms with Gasteiger partial charge in [0.05, 0.1) is 12.7 Å². The Balaban J connectivity index is 0.920. The largest absolute Gasteiger partial charge is 0.462 e. The van der Waals surface area contributed by atoms with E-state index in [0.717, 1.165) is 50.0 Å². The molecule has 0 bridgehead atoms. The fourth-order valence-electron chi connectivity index (χ4n) is 12.3. The van der Waals surface area contributed by atoms with Gasteiger partial charge in [-0.1, -0.05) is 123 Å². The van der Waals surface area contributed by atoms with Crippen LogP contribution in [-0.2, 0) is 19.0 Å². The number of esters is 1. The smallest absolute Gasteiger partial charge is 0.306 e. The van der Waals surface area contributed by atoms with E-state index in [4.69, 9.17) is 14.2 Å². The first kappa shape index (κ1) is 35.9. The number of carbonyl (C=O) groups excluding carboxylic acids is 1. The summed E-state index contributed by atoms with van der Waals surface area (Å²) < 4.78 is 19.7. The average molecular weight is 653 g/mol. The number of unbranched alkanes of at least 4 members (excludes halogenated alkanes) is 12. The van der Waals surface area contributed by atoms with E-state index in [0.29, 0.717) is 35.7 Å². The SMILES string of the molecule is CCCCCCCCCCCCCCCC(=O)O[C@H]1CC[C@@]2(C)C(=CCC3C4CC5O[C@]6(CC[C@@H](C)CO6)[C@@H](C)C5[C@@]4(C)CCC32)C1. The highest BCUT2D eigenvalue weighted by atomic mass is 16.7. The third-order valence-electron chi connectivity index (χ3n) is 15.1. The summed E-state index contributed by atoms with van der Waals surface area (Å²) in [5.74, 6) is 3.78. The van der Waals surface area contributed by atoms with Gasteiger partial charge < -0.3 is 14.2 Å². The molecule has 2 aliphatic heterocycles. The van der Waals surface area contributed by atoms with Gasteiger partial charge in [-0.05, 0) is 91.8 Å². The molecule has 0 aromatic carbocycles. The Bertz CT molecular complexity index is 1060. The van der Waals surface area contributed by atoms with E-state index in [-0.39, 0.29) is 23.3 Å². The third kappa shape index (κ3) is 7.45. The van der Waals surface area contributed by atoms with E-state index in [2.05, 4.69) is 40.7 Å². The van der Waals surface area contributed by atoms with Crippen LogP contribution in [0, 0.1) is 46.3 Å². The quantitative estimate of drug-likeness (QED) is 0.100. The van der Waals surface area contributed by atoms with Crippen LogP contribution in [0.15, 0.2) is 11.6 Å². The van der Waals surface area contributed by atoms with Crippen LogP contribution in [-0.4, -0.2) is 30.6 Å². The lowest BCUT2D eigenvalue weighted by molar-refractivity contribution is -0.272. The van der Waals surface area contributed by atoms with Crippen LogP contribution >= 0.6 is 0 Å². The number of carbonyl (C=O) groups is 1. The molecule has 0 N–H and O–H groups in total. The Morgan fingerprint density at radius 3 is 2.19 bits per heavy atom. The van der Waals surface area contributed by atoms with Crippen LogP contribution in [0.3, 0.4) is 0 Å². The number of rotatable bonds is 15. The Morgan fingerprint density at radius 1 is 0.851 bits per heavy atom. The zero-order chi connectivity index (χ0) is 33.1. The molecule has 5 unspecified atom stereocenters. The molecule has 47 heavy (non-hydrogen) atoms. The van der Waals surface area contributed by atoms with Gasteiger partial charge in [-0.2, -0.15) is 0 Å². The van der Waals surface area contributed by atoms with E-state index < -0.39 is 0 Å². The minimum absolute atomic E-state index is 0.0465. The topological polar surface area (TPSA) is 44.8 Å². The number of ether oxygens (including phenoxy) is 3. The van der Waals surface area contributed by atoms with E-state index in [1.807, 2.05) is 0 Å². The highest BCUT2D eigenvalue weighted by molar-refractivity contribution is 5.69. The van der Waals surface area contributed by atoms with Crippen LogP contribution in [0.2, 0.25) is 0 Å². The van der Waals surface area contributed by atoms with Gasteiger partial charge in [0.15, 0.2) is 5.79 Å². The standard InChI is InChI=1S/C43H72O4/c1-6-7-8-9-10-11-12-13-14-15-16-17-18-19-39(44)46-34-23-25-41(4)33(28-34)20-21-35-36(41)24-26-42(5)37(35)29-38-40(42)32(3)43(47-38)27-22-31(2)30-45-43/h20,31-32,34-38,40H,6-19,21-30H2,1-5H3/t31-,32+,34+,35?,36?,37?,38?,40?,41+,42+,43-/m1/s1. The Hall–Kier alpha value is -0.870. The van der Waals surface area contributed by atoms with Crippen LogP contribution in [0.4, 0.5) is 0 Å². The van der Waals surface area contributed by atoms with Gasteiger partial charge in [0, 0.05) is 25.2 Å². The van der Waals surface area contributed by atoms with Gasteiger partial charge in [-0.15, -0.1) is 0 Å². The maximum absolute atomic E-state index is 12.8. The maximum atomic E-state index is 12.8. The molecule has 11 atom stereocenters. The van der Waals surface area contributed by atoms with Crippen molar-refractivity contribution in [3.63, 3.8) is 0 Å². The van der Waals surface area contributed by atoms with E-state index >= 15 is 0 Å². The molecule has 268 valence electrons. The fourth-order valence-corrected chi connectivity index (χ4v) is 12.3. The van der Waals surface area contributed by atoms with Crippen molar-refractivity contribution in [3.05, 3.63) is 11.6 Å². The lowest BCUT2D eigenvalue weighted by Crippen LogP contribution is -2.52. The maximum Gasteiger partial charge on any atom is 0.306 e. The van der Waals surface area contributed by atoms with Crippen LogP contribution in [0.25, 0.3) is 0 Å². The summed E-state index contributed by atoms with van der Waals surface area (Å²) in [5, 5.41) is 0. The second-order valence-electron chi connectivity index (χ2n) is 18.1. The fraction of sp³-hybridized carbons (Fsp3) is 0.930. The summed E-state index contributed by atoms with van der Waals surface area (Å²) in [6.07, 6.45) is 31.6. The molecular weight excluding hydrogens is 580 g/mol. The summed E-state index contributed by atoms with van der Waals surface area (Å²) in [5.41, 5.74) is 2.25. The van der Waals surface area contributed by atoms with Crippen molar-refractivity contribution in [2.24, 2.45) is 46.3 Å². The molecule has 6 aliphatic rings. The number of hydrogen-bond acceptors (Lipinski definition) is 4. The molecule has 3 saturated carbocycles. The summed E-state index contributed by atoms with van der Waals surface area (Å²) in [6.45, 7) is 13.1. The van der Waals surface area contributed by atoms with Gasteiger partial charge in [0.25, 0.3) is 0 Å². The molecule has 1 spiro atoms. The molecule has 4 nitrogen and oxygen atoms in total. The van der Waals surface area contributed by atoms with Crippen molar-refractivity contribution in [2.75, 3.05) is 6.61 Å². The van der Waals surface area contributed by atoms with Crippen molar-refractivity contribution in [1.82, 2.24) is 0 Å².